The van der Waals surface area contributed by atoms with Gasteiger partial charge in [-0.05, 0) is 49.2 Å². The fraction of sp³-hybridized carbons (Fsp3) is 0.318. The molecule has 31 heavy (non-hydrogen) atoms. The van der Waals surface area contributed by atoms with Gasteiger partial charge in [0.15, 0.2) is 6.10 Å². The molecule has 0 unspecified atom stereocenters. The number of nitrogens with one attached hydrogen (secondary N) is 1. The van der Waals surface area contributed by atoms with Crippen LogP contribution in [0.15, 0.2) is 40.9 Å². The van der Waals surface area contributed by atoms with Gasteiger partial charge < -0.3 is 24.1 Å². The standard InChI is InChI=1S/C22H24ClN3O5/c1-5-18(30-15-7-9-17(23)13(2)10-15)22(27)24-12-20-25-21(26-31-20)16-8-6-14(28-3)11-19(16)29-4/h6-11,18H,5,12H2,1-4H3,(H,24,27)/t18-/m1/s1. The zero-order valence-electron chi connectivity index (χ0n) is 17.8. The zero-order valence-corrected chi connectivity index (χ0v) is 18.5. The molecule has 0 bridgehead atoms. The van der Waals surface area contributed by atoms with Crippen LogP contribution in [0.4, 0.5) is 0 Å². The summed E-state index contributed by atoms with van der Waals surface area (Å²) in [6, 6.07) is 10.6. The molecule has 2 aromatic carbocycles. The molecule has 1 N–H and O–H groups in total. The van der Waals surface area contributed by atoms with Gasteiger partial charge in [0, 0.05) is 11.1 Å². The van der Waals surface area contributed by atoms with Crippen LogP contribution in [0.5, 0.6) is 17.2 Å². The predicted molar refractivity (Wildman–Crippen MR) is 116 cm³/mol. The molecule has 9 heteroatoms. The molecular weight excluding hydrogens is 422 g/mol. The molecule has 164 valence electrons. The lowest BCUT2D eigenvalue weighted by molar-refractivity contribution is -0.128. The first-order chi connectivity index (χ1) is 14.9. The fourth-order valence-electron chi connectivity index (χ4n) is 2.87. The first-order valence-corrected chi connectivity index (χ1v) is 10.1. The van der Waals surface area contributed by atoms with Gasteiger partial charge in [-0.3, -0.25) is 4.79 Å². The number of hydrogen-bond donors (Lipinski definition) is 1. The fourth-order valence-corrected chi connectivity index (χ4v) is 2.99. The van der Waals surface area contributed by atoms with Gasteiger partial charge in [-0.1, -0.05) is 23.7 Å². The van der Waals surface area contributed by atoms with Gasteiger partial charge in [0.2, 0.25) is 11.7 Å². The van der Waals surface area contributed by atoms with Crippen LogP contribution in [0.3, 0.4) is 0 Å². The maximum absolute atomic E-state index is 12.6. The summed E-state index contributed by atoms with van der Waals surface area (Å²) in [4.78, 5) is 16.9. The van der Waals surface area contributed by atoms with Gasteiger partial charge in [0.25, 0.3) is 5.91 Å². The number of carbonyl (C=O) groups excluding carboxylic acids is 1. The van der Waals surface area contributed by atoms with E-state index >= 15 is 0 Å². The molecule has 3 rings (SSSR count). The summed E-state index contributed by atoms with van der Waals surface area (Å²) < 4.78 is 21.6. The van der Waals surface area contributed by atoms with Crippen molar-refractivity contribution in [2.45, 2.75) is 32.9 Å². The van der Waals surface area contributed by atoms with Crippen molar-refractivity contribution in [2.24, 2.45) is 0 Å². The lowest BCUT2D eigenvalue weighted by Crippen LogP contribution is -2.37. The average molecular weight is 446 g/mol. The molecule has 3 aromatic rings. The minimum atomic E-state index is -0.662. The molecule has 0 fully saturated rings. The molecule has 8 nitrogen and oxygen atoms in total. The summed E-state index contributed by atoms with van der Waals surface area (Å²) in [6.07, 6.45) is -0.171. The van der Waals surface area contributed by atoms with Crippen molar-refractivity contribution in [3.05, 3.63) is 52.9 Å². The number of carbonyl (C=O) groups is 1. The van der Waals surface area contributed by atoms with E-state index in [1.807, 2.05) is 13.8 Å². The van der Waals surface area contributed by atoms with Crippen molar-refractivity contribution in [1.29, 1.82) is 0 Å². The molecule has 1 amide bonds. The van der Waals surface area contributed by atoms with E-state index in [9.17, 15) is 4.79 Å². The highest BCUT2D eigenvalue weighted by molar-refractivity contribution is 6.31. The van der Waals surface area contributed by atoms with E-state index in [2.05, 4.69) is 15.5 Å². The van der Waals surface area contributed by atoms with Gasteiger partial charge in [0.1, 0.15) is 17.2 Å². The van der Waals surface area contributed by atoms with E-state index in [-0.39, 0.29) is 18.3 Å². The molecule has 0 aliphatic carbocycles. The summed E-state index contributed by atoms with van der Waals surface area (Å²) in [6.45, 7) is 3.82. The molecule has 1 heterocycles. The molecule has 1 aromatic heterocycles. The Labute approximate surface area is 185 Å². The smallest absolute Gasteiger partial charge is 0.261 e. The summed E-state index contributed by atoms with van der Waals surface area (Å²) in [5.74, 6) is 2.11. The summed E-state index contributed by atoms with van der Waals surface area (Å²) in [5, 5.41) is 7.39. The molecule has 0 saturated heterocycles. The van der Waals surface area contributed by atoms with Crippen LogP contribution in [0.1, 0.15) is 24.8 Å². The van der Waals surface area contributed by atoms with E-state index in [1.165, 1.54) is 0 Å². The predicted octanol–water partition coefficient (Wildman–Crippen LogP) is 4.19. The largest absolute Gasteiger partial charge is 0.497 e. The number of amides is 1. The van der Waals surface area contributed by atoms with Crippen LogP contribution in [0, 0.1) is 6.92 Å². The topological polar surface area (TPSA) is 95.7 Å². The lowest BCUT2D eigenvalue weighted by atomic mass is 10.2. The number of benzene rings is 2. The van der Waals surface area contributed by atoms with Crippen LogP contribution >= 0.6 is 11.6 Å². The number of methoxy groups -OCH3 is 2. The van der Waals surface area contributed by atoms with Crippen LogP contribution in [-0.4, -0.2) is 36.4 Å². The Morgan fingerprint density at radius 1 is 1.16 bits per heavy atom. The van der Waals surface area contributed by atoms with E-state index < -0.39 is 6.10 Å². The maximum atomic E-state index is 12.6. The first kappa shape index (κ1) is 22.4. The van der Waals surface area contributed by atoms with Crippen LogP contribution in [-0.2, 0) is 11.3 Å². The zero-order chi connectivity index (χ0) is 22.4. The molecule has 1 atom stereocenters. The Morgan fingerprint density at radius 3 is 2.61 bits per heavy atom. The third-order valence-electron chi connectivity index (χ3n) is 4.60. The first-order valence-electron chi connectivity index (χ1n) is 9.70. The quantitative estimate of drug-likeness (QED) is 0.527. The van der Waals surface area contributed by atoms with Crippen molar-refractivity contribution >= 4 is 17.5 Å². The van der Waals surface area contributed by atoms with Gasteiger partial charge >= 0.3 is 0 Å². The van der Waals surface area contributed by atoms with Gasteiger partial charge in [-0.25, -0.2) is 0 Å². The van der Waals surface area contributed by atoms with E-state index in [4.69, 9.17) is 30.3 Å². The highest BCUT2D eigenvalue weighted by Gasteiger charge is 2.20. The van der Waals surface area contributed by atoms with E-state index in [0.29, 0.717) is 40.1 Å². The van der Waals surface area contributed by atoms with Crippen molar-refractivity contribution < 1.29 is 23.5 Å². The third kappa shape index (κ3) is 5.46. The van der Waals surface area contributed by atoms with Crippen LogP contribution < -0.4 is 19.5 Å². The number of rotatable bonds is 9. The van der Waals surface area contributed by atoms with Crippen molar-refractivity contribution in [2.75, 3.05) is 14.2 Å². The number of nitrogens with zero attached hydrogens (tertiary/aromatic N) is 2. The van der Waals surface area contributed by atoms with Gasteiger partial charge in [0.05, 0.1) is 26.3 Å². The van der Waals surface area contributed by atoms with E-state index in [1.54, 1.807) is 50.6 Å². The highest BCUT2D eigenvalue weighted by Crippen LogP contribution is 2.31. The second-order valence-electron chi connectivity index (χ2n) is 6.72. The maximum Gasteiger partial charge on any atom is 0.261 e. The Morgan fingerprint density at radius 2 is 1.94 bits per heavy atom. The summed E-state index contributed by atoms with van der Waals surface area (Å²) in [7, 11) is 3.12. The Kier molecular flexibility index (Phi) is 7.36. The third-order valence-corrected chi connectivity index (χ3v) is 5.03. The monoisotopic (exact) mass is 445 g/mol. The van der Waals surface area contributed by atoms with Crippen molar-refractivity contribution in [1.82, 2.24) is 15.5 Å². The number of hydrogen-bond acceptors (Lipinski definition) is 7. The molecule has 0 spiro atoms. The number of aryl methyl sites for hydroxylation is 1. The number of halogens is 1. The highest BCUT2D eigenvalue weighted by atomic mass is 35.5. The molecule has 0 aliphatic rings. The number of ether oxygens (including phenoxy) is 3. The SMILES string of the molecule is CC[C@@H](Oc1ccc(Cl)c(C)c1)C(=O)NCc1nc(-c2ccc(OC)cc2OC)no1. The second-order valence-corrected chi connectivity index (χ2v) is 7.13. The van der Waals surface area contributed by atoms with Crippen molar-refractivity contribution in [3.8, 4) is 28.6 Å². The molecule has 0 aliphatic heterocycles. The van der Waals surface area contributed by atoms with Crippen LogP contribution in [0.2, 0.25) is 5.02 Å². The normalized spacial score (nSPS) is 11.6. The minimum Gasteiger partial charge on any atom is -0.497 e. The second kappa shape index (κ2) is 10.2. The average Bonchev–Trinajstić information content (AvgIpc) is 3.26. The molecule has 0 radical (unpaired) electrons. The Bertz CT molecular complexity index is 1050. The Hall–Kier alpha value is -3.26. The van der Waals surface area contributed by atoms with E-state index in [0.717, 1.165) is 5.56 Å². The van der Waals surface area contributed by atoms with Crippen LogP contribution in [0.25, 0.3) is 11.4 Å². The molecule has 0 saturated carbocycles. The minimum absolute atomic E-state index is 0.0732. The van der Waals surface area contributed by atoms with Gasteiger partial charge in [-0.2, -0.15) is 4.98 Å². The summed E-state index contributed by atoms with van der Waals surface area (Å²) in [5.41, 5.74) is 1.53. The number of aromatic nitrogens is 2. The Balaban J connectivity index is 1.64. The molecular formula is C22H24ClN3O5. The lowest BCUT2D eigenvalue weighted by Gasteiger charge is -2.17. The van der Waals surface area contributed by atoms with Gasteiger partial charge in [-0.15, -0.1) is 0 Å². The van der Waals surface area contributed by atoms with Crippen molar-refractivity contribution in [3.63, 3.8) is 0 Å². The summed E-state index contributed by atoms with van der Waals surface area (Å²) >= 11 is 6.04.